The van der Waals surface area contributed by atoms with Gasteiger partial charge in [0.1, 0.15) is 5.75 Å². The minimum Gasteiger partial charge on any atom is -0.494 e. The molecule has 0 radical (unpaired) electrons. The van der Waals surface area contributed by atoms with Crippen molar-refractivity contribution in [2.45, 2.75) is 19.4 Å². The highest BCUT2D eigenvalue weighted by molar-refractivity contribution is 9.10. The van der Waals surface area contributed by atoms with Gasteiger partial charge in [-0.15, -0.1) is 12.3 Å². The molecule has 0 saturated heterocycles. The molecule has 2 nitrogen and oxygen atoms in total. The molecule has 0 saturated carbocycles. The van der Waals surface area contributed by atoms with Crippen molar-refractivity contribution in [3.05, 3.63) is 28.2 Å². The fourth-order valence-corrected chi connectivity index (χ4v) is 1.50. The fraction of sp³-hybridized carbons (Fsp3) is 0.333. The highest BCUT2D eigenvalue weighted by atomic mass is 79.9. The van der Waals surface area contributed by atoms with E-state index in [2.05, 4.69) is 21.9 Å². The summed E-state index contributed by atoms with van der Waals surface area (Å²) in [5, 5.41) is 9.04. The Morgan fingerprint density at radius 3 is 2.93 bits per heavy atom. The molecule has 80 valence electrons. The Morgan fingerprint density at radius 1 is 1.47 bits per heavy atom. The van der Waals surface area contributed by atoms with Crippen LogP contribution in [-0.4, -0.2) is 11.7 Å². The highest BCUT2D eigenvalue weighted by Crippen LogP contribution is 2.22. The van der Waals surface area contributed by atoms with Crippen LogP contribution >= 0.6 is 15.9 Å². The first-order valence-electron chi connectivity index (χ1n) is 4.73. The summed E-state index contributed by atoms with van der Waals surface area (Å²) in [4.78, 5) is 0. The van der Waals surface area contributed by atoms with Crippen LogP contribution in [0.25, 0.3) is 0 Å². The number of rotatable bonds is 5. The summed E-state index contributed by atoms with van der Waals surface area (Å²) in [5.41, 5.74) is 0.824. The third-order valence-electron chi connectivity index (χ3n) is 1.92. The van der Waals surface area contributed by atoms with Crippen molar-refractivity contribution in [1.29, 1.82) is 0 Å². The Kier molecular flexibility index (Phi) is 5.23. The molecule has 0 fully saturated rings. The molecular weight excluding hydrogens is 256 g/mol. The first kappa shape index (κ1) is 12.1. The first-order chi connectivity index (χ1) is 7.27. The molecule has 0 aliphatic rings. The van der Waals surface area contributed by atoms with Crippen LogP contribution in [0.3, 0.4) is 0 Å². The van der Waals surface area contributed by atoms with Crippen LogP contribution in [0.4, 0.5) is 0 Å². The third kappa shape index (κ3) is 3.94. The van der Waals surface area contributed by atoms with Gasteiger partial charge in [-0.2, -0.15) is 0 Å². The number of ether oxygens (including phenoxy) is 1. The van der Waals surface area contributed by atoms with E-state index in [4.69, 9.17) is 16.3 Å². The van der Waals surface area contributed by atoms with Gasteiger partial charge in [-0.05, 0) is 30.2 Å². The molecule has 0 bridgehead atoms. The molecule has 0 atom stereocenters. The largest absolute Gasteiger partial charge is 0.494 e. The van der Waals surface area contributed by atoms with E-state index in [-0.39, 0.29) is 6.61 Å². The van der Waals surface area contributed by atoms with Gasteiger partial charge in [0.25, 0.3) is 0 Å². The van der Waals surface area contributed by atoms with E-state index in [0.29, 0.717) is 6.61 Å². The van der Waals surface area contributed by atoms with Gasteiger partial charge in [0.15, 0.2) is 0 Å². The predicted octanol–water partition coefficient (Wildman–Crippen LogP) is 2.73. The molecule has 0 amide bonds. The zero-order chi connectivity index (χ0) is 11.1. The average Bonchev–Trinajstić information content (AvgIpc) is 2.26. The Morgan fingerprint density at radius 2 is 2.27 bits per heavy atom. The Hall–Kier alpha value is -0.980. The van der Waals surface area contributed by atoms with Gasteiger partial charge in [-0.1, -0.05) is 15.9 Å². The van der Waals surface area contributed by atoms with Gasteiger partial charge < -0.3 is 9.84 Å². The van der Waals surface area contributed by atoms with Gasteiger partial charge in [0, 0.05) is 10.9 Å². The summed E-state index contributed by atoms with van der Waals surface area (Å²) in [6, 6.07) is 5.54. The van der Waals surface area contributed by atoms with Crippen molar-refractivity contribution in [2.24, 2.45) is 0 Å². The normalized spacial score (nSPS) is 9.67. The number of benzene rings is 1. The number of halogens is 1. The summed E-state index contributed by atoms with van der Waals surface area (Å²) in [6.45, 7) is 0.610. The first-order valence-corrected chi connectivity index (χ1v) is 5.52. The van der Waals surface area contributed by atoms with Crippen LogP contribution in [0.5, 0.6) is 5.75 Å². The van der Waals surface area contributed by atoms with Crippen LogP contribution in [-0.2, 0) is 6.61 Å². The van der Waals surface area contributed by atoms with E-state index in [1.54, 1.807) is 0 Å². The van der Waals surface area contributed by atoms with Crippen molar-refractivity contribution >= 4 is 15.9 Å². The van der Waals surface area contributed by atoms with Gasteiger partial charge in [0.05, 0.1) is 13.2 Å². The molecule has 0 spiro atoms. The average molecular weight is 269 g/mol. The van der Waals surface area contributed by atoms with Crippen molar-refractivity contribution in [1.82, 2.24) is 0 Å². The second-order valence-corrected chi connectivity index (χ2v) is 3.92. The molecule has 0 unspecified atom stereocenters. The zero-order valence-corrected chi connectivity index (χ0v) is 9.96. The smallest absolute Gasteiger partial charge is 0.119 e. The van der Waals surface area contributed by atoms with Crippen LogP contribution in [0.2, 0.25) is 0 Å². The van der Waals surface area contributed by atoms with Crippen molar-refractivity contribution < 1.29 is 9.84 Å². The predicted molar refractivity (Wildman–Crippen MR) is 63.6 cm³/mol. The van der Waals surface area contributed by atoms with E-state index in [9.17, 15) is 0 Å². The Bertz CT molecular complexity index is 355. The maximum absolute atomic E-state index is 9.04. The Labute approximate surface area is 98.4 Å². The number of hydrogen-bond acceptors (Lipinski definition) is 2. The summed E-state index contributed by atoms with van der Waals surface area (Å²) in [5.74, 6) is 3.32. The van der Waals surface area contributed by atoms with Crippen LogP contribution in [0, 0.1) is 12.3 Å². The van der Waals surface area contributed by atoms with Gasteiger partial charge in [-0.3, -0.25) is 0 Å². The number of terminal acetylenes is 1. The third-order valence-corrected chi connectivity index (χ3v) is 2.70. The van der Waals surface area contributed by atoms with Crippen molar-refractivity contribution in [3.63, 3.8) is 0 Å². The van der Waals surface area contributed by atoms with Crippen LogP contribution < -0.4 is 4.74 Å². The number of aliphatic hydroxyl groups excluding tert-OH is 1. The second-order valence-electron chi connectivity index (χ2n) is 3.07. The zero-order valence-electron chi connectivity index (χ0n) is 8.37. The van der Waals surface area contributed by atoms with E-state index in [1.807, 2.05) is 18.2 Å². The topological polar surface area (TPSA) is 29.5 Å². The molecule has 1 rings (SSSR count). The van der Waals surface area contributed by atoms with E-state index < -0.39 is 0 Å². The minimum absolute atomic E-state index is 0.00212. The molecule has 15 heavy (non-hydrogen) atoms. The summed E-state index contributed by atoms with van der Waals surface area (Å²) in [7, 11) is 0. The number of aliphatic hydroxyl groups is 1. The minimum atomic E-state index is 0.00212. The SMILES string of the molecule is C#CCCCOc1ccc(Br)c(CO)c1. The summed E-state index contributed by atoms with van der Waals surface area (Å²) in [6.07, 6.45) is 6.70. The standard InChI is InChI=1S/C12H13BrO2/c1-2-3-4-7-15-11-5-6-12(13)10(8-11)9-14/h1,5-6,8,14H,3-4,7,9H2. The van der Waals surface area contributed by atoms with E-state index >= 15 is 0 Å². The highest BCUT2D eigenvalue weighted by Gasteiger charge is 2.00. The van der Waals surface area contributed by atoms with Gasteiger partial charge in [0.2, 0.25) is 0 Å². The number of hydrogen-bond donors (Lipinski definition) is 1. The van der Waals surface area contributed by atoms with E-state index in [0.717, 1.165) is 28.6 Å². The lowest BCUT2D eigenvalue weighted by atomic mass is 10.2. The molecule has 0 aliphatic carbocycles. The lowest BCUT2D eigenvalue weighted by Crippen LogP contribution is -1.97. The lowest BCUT2D eigenvalue weighted by Gasteiger charge is -2.07. The maximum Gasteiger partial charge on any atom is 0.119 e. The molecule has 1 aromatic rings. The molecule has 0 aromatic heterocycles. The molecule has 1 N–H and O–H groups in total. The van der Waals surface area contributed by atoms with Crippen molar-refractivity contribution in [2.75, 3.05) is 6.61 Å². The molecule has 1 aromatic carbocycles. The van der Waals surface area contributed by atoms with Gasteiger partial charge >= 0.3 is 0 Å². The molecule has 0 aliphatic heterocycles. The Balaban J connectivity index is 2.52. The fourth-order valence-electron chi connectivity index (χ4n) is 1.13. The lowest BCUT2D eigenvalue weighted by molar-refractivity contribution is 0.278. The monoisotopic (exact) mass is 268 g/mol. The summed E-state index contributed by atoms with van der Waals surface area (Å²) < 4.78 is 6.37. The van der Waals surface area contributed by atoms with Crippen LogP contribution in [0.15, 0.2) is 22.7 Å². The van der Waals surface area contributed by atoms with E-state index in [1.165, 1.54) is 0 Å². The second kappa shape index (κ2) is 6.49. The summed E-state index contributed by atoms with van der Waals surface area (Å²) >= 11 is 3.34. The maximum atomic E-state index is 9.04. The number of unbranched alkanes of at least 4 members (excludes halogenated alkanes) is 1. The van der Waals surface area contributed by atoms with Gasteiger partial charge in [-0.25, -0.2) is 0 Å². The van der Waals surface area contributed by atoms with Crippen molar-refractivity contribution in [3.8, 4) is 18.1 Å². The molecule has 0 heterocycles. The molecule has 3 heteroatoms. The molecular formula is C12H13BrO2. The van der Waals surface area contributed by atoms with Crippen LogP contribution in [0.1, 0.15) is 18.4 Å². The quantitative estimate of drug-likeness (QED) is 0.658.